The number of hydrogen-bond acceptors (Lipinski definition) is 7. The molecule has 1 aliphatic heterocycles. The van der Waals surface area contributed by atoms with Crippen molar-refractivity contribution in [1.29, 1.82) is 0 Å². The molecule has 0 saturated carbocycles. The van der Waals surface area contributed by atoms with E-state index in [2.05, 4.69) is 0 Å². The molecule has 7 nitrogen and oxygen atoms in total. The maximum Gasteiger partial charge on any atom is 0.351 e. The van der Waals surface area contributed by atoms with Crippen LogP contribution in [0.5, 0.6) is 23.0 Å². The number of carbonyl (C=O) groups excluding carboxylic acids is 2. The first-order chi connectivity index (χ1) is 12.6. The van der Waals surface area contributed by atoms with Crippen molar-refractivity contribution in [2.24, 2.45) is 0 Å². The third kappa shape index (κ3) is 3.72. The van der Waals surface area contributed by atoms with Gasteiger partial charge in [0.15, 0.2) is 35.4 Å². The van der Waals surface area contributed by atoms with Crippen molar-refractivity contribution >= 4 is 11.8 Å². The molecule has 0 bridgehead atoms. The zero-order valence-corrected chi connectivity index (χ0v) is 14.4. The van der Waals surface area contributed by atoms with Crippen molar-refractivity contribution in [1.82, 2.24) is 0 Å². The number of methoxy groups -OCH3 is 2. The molecule has 0 radical (unpaired) electrons. The highest BCUT2D eigenvalue weighted by Gasteiger charge is 2.29. The number of Topliss-reactive ketones (excluding diaryl/α,β-unsaturated/α-hetero) is 1. The molecule has 136 valence electrons. The Morgan fingerprint density at radius 1 is 1.04 bits per heavy atom. The Kier molecular flexibility index (Phi) is 5.26. The van der Waals surface area contributed by atoms with Gasteiger partial charge in [-0.25, -0.2) is 4.79 Å². The van der Waals surface area contributed by atoms with E-state index in [1.54, 1.807) is 30.3 Å². The molecular weight excluding hydrogens is 340 g/mol. The van der Waals surface area contributed by atoms with Crippen LogP contribution in [0.4, 0.5) is 0 Å². The van der Waals surface area contributed by atoms with E-state index in [1.807, 2.05) is 6.07 Å². The average Bonchev–Trinajstić information content (AvgIpc) is 2.70. The van der Waals surface area contributed by atoms with Gasteiger partial charge in [-0.1, -0.05) is 12.1 Å². The van der Waals surface area contributed by atoms with Gasteiger partial charge in [-0.05, 0) is 30.3 Å². The summed E-state index contributed by atoms with van der Waals surface area (Å²) in [6, 6.07) is 11.8. The van der Waals surface area contributed by atoms with E-state index in [0.29, 0.717) is 28.6 Å². The van der Waals surface area contributed by atoms with Crippen molar-refractivity contribution in [2.45, 2.75) is 6.10 Å². The van der Waals surface area contributed by atoms with Gasteiger partial charge in [0.25, 0.3) is 0 Å². The zero-order chi connectivity index (χ0) is 18.5. The Labute approximate surface area is 150 Å². The van der Waals surface area contributed by atoms with Gasteiger partial charge < -0.3 is 23.7 Å². The van der Waals surface area contributed by atoms with E-state index in [-0.39, 0.29) is 12.4 Å². The summed E-state index contributed by atoms with van der Waals surface area (Å²) < 4.78 is 26.4. The van der Waals surface area contributed by atoms with Crippen molar-refractivity contribution < 1.29 is 33.3 Å². The normalized spacial score (nSPS) is 15.1. The molecule has 2 aromatic carbocycles. The van der Waals surface area contributed by atoms with Crippen molar-refractivity contribution in [3.8, 4) is 23.0 Å². The van der Waals surface area contributed by atoms with E-state index in [1.165, 1.54) is 20.3 Å². The second-order valence-corrected chi connectivity index (χ2v) is 5.46. The van der Waals surface area contributed by atoms with Crippen molar-refractivity contribution in [3.05, 3.63) is 48.0 Å². The fourth-order valence-electron chi connectivity index (χ4n) is 2.46. The summed E-state index contributed by atoms with van der Waals surface area (Å²) >= 11 is 0. The molecule has 0 aliphatic carbocycles. The van der Waals surface area contributed by atoms with Crippen molar-refractivity contribution in [3.63, 3.8) is 0 Å². The number of hydrogen-bond donors (Lipinski definition) is 0. The molecule has 0 aromatic heterocycles. The predicted octanol–water partition coefficient (Wildman–Crippen LogP) is 2.27. The van der Waals surface area contributed by atoms with Crippen LogP contribution in [-0.2, 0) is 9.53 Å². The molecule has 2 aromatic rings. The van der Waals surface area contributed by atoms with Crippen LogP contribution >= 0.6 is 0 Å². The van der Waals surface area contributed by atoms with E-state index in [0.717, 1.165) is 0 Å². The van der Waals surface area contributed by atoms with Crippen LogP contribution in [0.2, 0.25) is 0 Å². The number of ether oxygens (including phenoxy) is 5. The minimum absolute atomic E-state index is 0.0282. The topological polar surface area (TPSA) is 80.3 Å². The number of ketones is 1. The molecule has 0 saturated heterocycles. The largest absolute Gasteiger partial charge is 0.493 e. The van der Waals surface area contributed by atoms with Crippen molar-refractivity contribution in [2.75, 3.05) is 27.4 Å². The van der Waals surface area contributed by atoms with Gasteiger partial charge in [0.05, 0.1) is 14.2 Å². The second-order valence-electron chi connectivity index (χ2n) is 5.46. The molecule has 1 aliphatic rings. The van der Waals surface area contributed by atoms with E-state index in [9.17, 15) is 9.59 Å². The summed E-state index contributed by atoms with van der Waals surface area (Å²) in [5.74, 6) is 0.937. The smallest absolute Gasteiger partial charge is 0.351 e. The van der Waals surface area contributed by atoms with Crippen LogP contribution < -0.4 is 18.9 Å². The van der Waals surface area contributed by atoms with Gasteiger partial charge in [0.2, 0.25) is 6.10 Å². The highest BCUT2D eigenvalue weighted by molar-refractivity contribution is 5.98. The lowest BCUT2D eigenvalue weighted by Crippen LogP contribution is -2.38. The second kappa shape index (κ2) is 7.77. The van der Waals surface area contributed by atoms with Crippen LogP contribution in [0.25, 0.3) is 0 Å². The molecule has 7 heteroatoms. The van der Waals surface area contributed by atoms with Gasteiger partial charge in [0, 0.05) is 5.56 Å². The first-order valence-electron chi connectivity index (χ1n) is 7.92. The number of rotatable bonds is 6. The highest BCUT2D eigenvalue weighted by Crippen LogP contribution is 2.31. The van der Waals surface area contributed by atoms with Crippen LogP contribution in [0.15, 0.2) is 42.5 Å². The average molecular weight is 358 g/mol. The molecule has 1 heterocycles. The van der Waals surface area contributed by atoms with E-state index >= 15 is 0 Å². The Hall–Kier alpha value is -3.22. The Morgan fingerprint density at radius 2 is 1.77 bits per heavy atom. The molecule has 0 amide bonds. The number of benzene rings is 2. The molecule has 26 heavy (non-hydrogen) atoms. The number of esters is 1. The molecule has 0 spiro atoms. The van der Waals surface area contributed by atoms with E-state index < -0.39 is 18.7 Å². The Balaban J connectivity index is 1.59. The standard InChI is InChI=1S/C19H18O7/c1-22-14-8-7-12(9-17(14)23-2)13(20)10-25-19(21)18-11-24-15-5-3-4-6-16(15)26-18/h3-9,18H,10-11H2,1-2H3/t18-/m1/s1. The number of para-hydroxylation sites is 2. The minimum Gasteiger partial charge on any atom is -0.493 e. The van der Waals surface area contributed by atoms with Crippen LogP contribution in [0.3, 0.4) is 0 Å². The predicted molar refractivity (Wildman–Crippen MR) is 91.2 cm³/mol. The van der Waals surface area contributed by atoms with Crippen LogP contribution in [-0.4, -0.2) is 45.3 Å². The Bertz CT molecular complexity index is 815. The first kappa shape index (κ1) is 17.6. The van der Waals surface area contributed by atoms with E-state index in [4.69, 9.17) is 23.7 Å². The molecular formula is C19H18O7. The number of fused-ring (bicyclic) bond motifs is 1. The lowest BCUT2D eigenvalue weighted by atomic mass is 10.1. The quantitative estimate of drug-likeness (QED) is 0.579. The molecule has 1 atom stereocenters. The summed E-state index contributed by atoms with van der Waals surface area (Å²) in [6.07, 6.45) is -0.914. The molecule has 0 unspecified atom stereocenters. The maximum atomic E-state index is 12.3. The zero-order valence-electron chi connectivity index (χ0n) is 14.4. The molecule has 0 N–H and O–H groups in total. The summed E-state index contributed by atoms with van der Waals surface area (Å²) in [6.45, 7) is -0.379. The van der Waals surface area contributed by atoms with Gasteiger partial charge in [-0.3, -0.25) is 4.79 Å². The summed E-state index contributed by atoms with van der Waals surface area (Å²) in [7, 11) is 2.98. The summed E-state index contributed by atoms with van der Waals surface area (Å²) in [4.78, 5) is 24.4. The molecule has 3 rings (SSSR count). The summed E-state index contributed by atoms with van der Waals surface area (Å²) in [5.41, 5.74) is 0.349. The van der Waals surface area contributed by atoms with Crippen LogP contribution in [0, 0.1) is 0 Å². The fraction of sp³-hybridized carbons (Fsp3) is 0.263. The highest BCUT2D eigenvalue weighted by atomic mass is 16.6. The third-order valence-electron chi connectivity index (χ3n) is 3.82. The van der Waals surface area contributed by atoms with Gasteiger partial charge >= 0.3 is 5.97 Å². The molecule has 0 fully saturated rings. The van der Waals surface area contributed by atoms with Crippen LogP contribution in [0.1, 0.15) is 10.4 Å². The minimum atomic E-state index is -0.914. The first-order valence-corrected chi connectivity index (χ1v) is 7.92. The third-order valence-corrected chi connectivity index (χ3v) is 3.82. The van der Waals surface area contributed by atoms with Gasteiger partial charge in [0.1, 0.15) is 6.61 Å². The maximum absolute atomic E-state index is 12.3. The monoisotopic (exact) mass is 358 g/mol. The SMILES string of the molecule is COc1ccc(C(=O)COC(=O)[C@H]2COc3ccccc3O2)cc1OC. The number of carbonyl (C=O) groups is 2. The fourth-order valence-corrected chi connectivity index (χ4v) is 2.46. The Morgan fingerprint density at radius 3 is 2.50 bits per heavy atom. The van der Waals surface area contributed by atoms with Gasteiger partial charge in [-0.15, -0.1) is 0 Å². The van der Waals surface area contributed by atoms with Gasteiger partial charge in [-0.2, -0.15) is 0 Å². The summed E-state index contributed by atoms with van der Waals surface area (Å²) in [5, 5.41) is 0. The lowest BCUT2D eigenvalue weighted by Gasteiger charge is -2.24. The lowest BCUT2D eigenvalue weighted by molar-refractivity contribution is -0.153.